The van der Waals surface area contributed by atoms with Gasteiger partial charge in [-0.25, -0.2) is 0 Å². The van der Waals surface area contributed by atoms with Gasteiger partial charge < -0.3 is 9.15 Å². The van der Waals surface area contributed by atoms with Crippen molar-refractivity contribution in [3.05, 3.63) is 57.8 Å². The van der Waals surface area contributed by atoms with Gasteiger partial charge in [0.25, 0.3) is 0 Å². The maximum Gasteiger partial charge on any atom is 0.433 e. The first-order valence-corrected chi connectivity index (χ1v) is 6.16. The van der Waals surface area contributed by atoms with Crippen LogP contribution < -0.4 is 4.74 Å². The molecule has 0 aliphatic carbocycles. The lowest BCUT2D eigenvalue weighted by atomic mass is 10.1. The summed E-state index contributed by atoms with van der Waals surface area (Å²) in [6, 6.07) is 10.00. The second kappa shape index (κ2) is 5.75. The molecular formula is C13H12ClNO4. The predicted molar refractivity (Wildman–Crippen MR) is 70.7 cm³/mol. The molecule has 0 amide bonds. The van der Waals surface area contributed by atoms with Crippen LogP contribution in [0.1, 0.15) is 23.6 Å². The molecule has 0 aliphatic rings. The fourth-order valence-electron chi connectivity index (χ4n) is 1.64. The molecule has 1 heterocycles. The average Bonchev–Trinajstić information content (AvgIpc) is 2.89. The average molecular weight is 282 g/mol. The first-order valence-electron chi connectivity index (χ1n) is 5.72. The first kappa shape index (κ1) is 13.4. The molecule has 6 heteroatoms. The number of nitrogens with zero attached hydrogens (tertiary/aromatic N) is 1. The number of furan rings is 1. The van der Waals surface area contributed by atoms with Crippen LogP contribution >= 0.6 is 11.6 Å². The lowest BCUT2D eigenvalue weighted by Gasteiger charge is -2.08. The third-order valence-electron chi connectivity index (χ3n) is 2.53. The lowest BCUT2D eigenvalue weighted by molar-refractivity contribution is -0.402. The minimum atomic E-state index is -0.592. The number of hydrogen-bond donors (Lipinski definition) is 0. The molecule has 19 heavy (non-hydrogen) atoms. The second-order valence-electron chi connectivity index (χ2n) is 3.80. The summed E-state index contributed by atoms with van der Waals surface area (Å²) in [6.45, 7) is 2.49. The van der Waals surface area contributed by atoms with Crippen molar-refractivity contribution in [1.29, 1.82) is 0 Å². The van der Waals surface area contributed by atoms with Crippen LogP contribution in [0.25, 0.3) is 0 Å². The molecule has 0 N–H and O–H groups in total. The van der Waals surface area contributed by atoms with Crippen LogP contribution in [0, 0.1) is 10.1 Å². The van der Waals surface area contributed by atoms with Crippen LogP contribution in [0.3, 0.4) is 0 Å². The van der Waals surface area contributed by atoms with Crippen molar-refractivity contribution in [3.8, 4) is 5.75 Å². The summed E-state index contributed by atoms with van der Waals surface area (Å²) in [7, 11) is 0. The Morgan fingerprint density at radius 1 is 1.32 bits per heavy atom. The molecule has 2 rings (SSSR count). The highest BCUT2D eigenvalue weighted by Gasteiger charge is 2.19. The van der Waals surface area contributed by atoms with E-state index in [-0.39, 0.29) is 5.88 Å². The summed E-state index contributed by atoms with van der Waals surface area (Å²) in [5.74, 6) is 0.782. The SMILES string of the molecule is CCOc1ccc(C(Cl)c2ccc([N+](=O)[O-])o2)cc1. The molecule has 0 aliphatic heterocycles. The van der Waals surface area contributed by atoms with E-state index in [1.165, 1.54) is 12.1 Å². The van der Waals surface area contributed by atoms with E-state index >= 15 is 0 Å². The topological polar surface area (TPSA) is 65.5 Å². The Morgan fingerprint density at radius 2 is 2.00 bits per heavy atom. The van der Waals surface area contributed by atoms with Crippen molar-refractivity contribution in [1.82, 2.24) is 0 Å². The van der Waals surface area contributed by atoms with Gasteiger partial charge in [-0.3, -0.25) is 10.1 Å². The van der Waals surface area contributed by atoms with Crippen LogP contribution in [-0.4, -0.2) is 11.5 Å². The van der Waals surface area contributed by atoms with Gasteiger partial charge in [0.2, 0.25) is 0 Å². The molecule has 2 aromatic rings. The number of hydrogen-bond acceptors (Lipinski definition) is 4. The van der Waals surface area contributed by atoms with E-state index in [1.54, 1.807) is 24.3 Å². The quantitative estimate of drug-likeness (QED) is 0.473. The summed E-state index contributed by atoms with van der Waals surface area (Å²) in [4.78, 5) is 9.95. The summed E-state index contributed by atoms with van der Waals surface area (Å²) in [5.41, 5.74) is 0.786. The van der Waals surface area contributed by atoms with Gasteiger partial charge in [0.15, 0.2) is 0 Å². The maximum absolute atomic E-state index is 10.5. The molecule has 0 radical (unpaired) electrons. The van der Waals surface area contributed by atoms with Gasteiger partial charge in [0, 0.05) is 0 Å². The Labute approximate surface area is 114 Å². The van der Waals surface area contributed by atoms with Crippen molar-refractivity contribution in [2.24, 2.45) is 0 Å². The first-order chi connectivity index (χ1) is 9.11. The Balaban J connectivity index is 2.17. The van der Waals surface area contributed by atoms with Crippen LogP contribution in [0.4, 0.5) is 5.88 Å². The highest BCUT2D eigenvalue weighted by Crippen LogP contribution is 2.32. The van der Waals surface area contributed by atoms with E-state index in [0.29, 0.717) is 12.4 Å². The predicted octanol–water partition coefficient (Wildman–Crippen LogP) is 3.91. The molecule has 0 saturated carbocycles. The zero-order valence-electron chi connectivity index (χ0n) is 10.2. The molecule has 1 aromatic heterocycles. The Morgan fingerprint density at radius 3 is 2.53 bits per heavy atom. The Hall–Kier alpha value is -2.01. The minimum Gasteiger partial charge on any atom is -0.494 e. The number of alkyl halides is 1. The van der Waals surface area contributed by atoms with E-state index in [2.05, 4.69) is 0 Å². The molecule has 100 valence electrons. The Bertz CT molecular complexity index is 564. The van der Waals surface area contributed by atoms with E-state index in [0.717, 1.165) is 11.3 Å². The monoisotopic (exact) mass is 281 g/mol. The molecule has 5 nitrogen and oxygen atoms in total. The van der Waals surface area contributed by atoms with Gasteiger partial charge in [-0.2, -0.15) is 0 Å². The number of nitro groups is 1. The summed E-state index contributed by atoms with van der Waals surface area (Å²) in [6.07, 6.45) is 0. The van der Waals surface area contributed by atoms with Gasteiger partial charge >= 0.3 is 5.88 Å². The Kier molecular flexibility index (Phi) is 4.06. The van der Waals surface area contributed by atoms with E-state index in [4.69, 9.17) is 20.8 Å². The molecule has 1 atom stereocenters. The van der Waals surface area contributed by atoms with Crippen molar-refractivity contribution in [3.63, 3.8) is 0 Å². The maximum atomic E-state index is 10.5. The molecule has 0 bridgehead atoms. The zero-order chi connectivity index (χ0) is 13.8. The molecule has 1 unspecified atom stereocenters. The van der Waals surface area contributed by atoms with E-state index in [1.807, 2.05) is 6.92 Å². The number of ether oxygens (including phenoxy) is 1. The van der Waals surface area contributed by atoms with Gasteiger partial charge in [-0.05, 0) is 30.7 Å². The number of rotatable bonds is 5. The second-order valence-corrected chi connectivity index (χ2v) is 4.23. The van der Waals surface area contributed by atoms with E-state index in [9.17, 15) is 10.1 Å². The van der Waals surface area contributed by atoms with Gasteiger partial charge in [-0.15, -0.1) is 11.6 Å². The smallest absolute Gasteiger partial charge is 0.433 e. The summed E-state index contributed by atoms with van der Waals surface area (Å²) in [5, 5.41) is 9.98. The highest BCUT2D eigenvalue weighted by molar-refractivity contribution is 6.22. The standard InChI is InChI=1S/C13H12ClNO4/c1-2-18-10-5-3-9(4-6-10)13(14)11-7-8-12(19-11)15(16)17/h3-8,13H,2H2,1H3. The fourth-order valence-corrected chi connectivity index (χ4v) is 1.90. The fraction of sp³-hybridized carbons (Fsp3) is 0.231. The van der Waals surface area contributed by atoms with Crippen LogP contribution in [0.2, 0.25) is 0 Å². The van der Waals surface area contributed by atoms with Crippen molar-refractivity contribution < 1.29 is 14.1 Å². The largest absolute Gasteiger partial charge is 0.494 e. The normalized spacial score (nSPS) is 12.1. The van der Waals surface area contributed by atoms with Crippen LogP contribution in [0.5, 0.6) is 5.75 Å². The summed E-state index contributed by atoms with van der Waals surface area (Å²) >= 11 is 6.22. The molecule has 0 saturated heterocycles. The molecule has 1 aromatic carbocycles. The van der Waals surface area contributed by atoms with Gasteiger partial charge in [0.05, 0.1) is 12.7 Å². The molecular weight excluding hydrogens is 270 g/mol. The zero-order valence-corrected chi connectivity index (χ0v) is 11.0. The number of halogens is 1. The van der Waals surface area contributed by atoms with E-state index < -0.39 is 10.3 Å². The highest BCUT2D eigenvalue weighted by atomic mass is 35.5. The van der Waals surface area contributed by atoms with Gasteiger partial charge in [-0.1, -0.05) is 12.1 Å². The van der Waals surface area contributed by atoms with Crippen LogP contribution in [0.15, 0.2) is 40.8 Å². The lowest BCUT2D eigenvalue weighted by Crippen LogP contribution is -1.94. The van der Waals surface area contributed by atoms with Gasteiger partial charge in [0.1, 0.15) is 21.8 Å². The third kappa shape index (κ3) is 3.06. The van der Waals surface area contributed by atoms with Crippen molar-refractivity contribution >= 4 is 17.5 Å². The van der Waals surface area contributed by atoms with Crippen LogP contribution in [-0.2, 0) is 0 Å². The summed E-state index contributed by atoms with van der Waals surface area (Å²) < 4.78 is 10.4. The third-order valence-corrected chi connectivity index (χ3v) is 2.99. The van der Waals surface area contributed by atoms with Crippen molar-refractivity contribution in [2.75, 3.05) is 6.61 Å². The minimum absolute atomic E-state index is 0.313. The number of benzene rings is 1. The van der Waals surface area contributed by atoms with Crippen molar-refractivity contribution in [2.45, 2.75) is 12.3 Å². The molecule has 0 spiro atoms. The molecule has 0 fully saturated rings.